The molecule has 2 heterocycles. The molecule has 0 radical (unpaired) electrons. The van der Waals surface area contributed by atoms with Gasteiger partial charge in [0, 0.05) is 13.1 Å². The minimum atomic E-state index is -3.73. The number of nitrogens with zero attached hydrogens (tertiary/aromatic N) is 1. The number of benzene rings is 1. The summed E-state index contributed by atoms with van der Waals surface area (Å²) < 4.78 is 32.4. The molecule has 2 N–H and O–H groups in total. The first kappa shape index (κ1) is 19.0. The number of anilines is 1. The first-order valence-corrected chi connectivity index (χ1v) is 10.4. The molecule has 1 unspecified atom stereocenters. The highest BCUT2D eigenvalue weighted by Gasteiger charge is 2.23. The lowest BCUT2D eigenvalue weighted by Gasteiger charge is -2.23. The molecule has 0 fully saturated rings. The van der Waals surface area contributed by atoms with E-state index in [2.05, 4.69) is 4.72 Å². The molecule has 7 nitrogen and oxygen atoms in total. The number of carbonyl (C=O) groups is 1. The van der Waals surface area contributed by atoms with E-state index in [4.69, 9.17) is 4.42 Å². The van der Waals surface area contributed by atoms with Crippen molar-refractivity contribution >= 4 is 33.0 Å². The summed E-state index contributed by atoms with van der Waals surface area (Å²) in [6.07, 6.45) is 1.52. The average Bonchev–Trinajstić information content (AvgIpc) is 3.33. The molecular weight excluding hydrogens is 388 g/mol. The lowest BCUT2D eigenvalue weighted by Crippen LogP contribution is -2.29. The maximum absolute atomic E-state index is 12.7. The molecule has 1 aromatic carbocycles. The summed E-state index contributed by atoms with van der Waals surface area (Å²) in [6.45, 7) is 1.80. The van der Waals surface area contributed by atoms with Crippen molar-refractivity contribution in [2.45, 2.75) is 17.2 Å². The van der Waals surface area contributed by atoms with Gasteiger partial charge in [0.15, 0.2) is 0 Å². The predicted molar refractivity (Wildman–Crippen MR) is 102 cm³/mol. The van der Waals surface area contributed by atoms with Gasteiger partial charge in [0.2, 0.25) is 0 Å². The van der Waals surface area contributed by atoms with Crippen molar-refractivity contribution in [2.24, 2.45) is 0 Å². The Morgan fingerprint density at radius 1 is 1.26 bits per heavy atom. The minimum Gasteiger partial charge on any atom is -0.507 e. The fraction of sp³-hybridized carbons (Fsp3) is 0.167. The topological polar surface area (TPSA) is 99.9 Å². The number of furan rings is 1. The molecule has 0 saturated carbocycles. The second-order valence-corrected chi connectivity index (χ2v) is 8.73. The summed E-state index contributed by atoms with van der Waals surface area (Å²) in [5, 5.41) is 11.9. The zero-order valence-electron chi connectivity index (χ0n) is 14.6. The molecule has 0 saturated heterocycles. The zero-order valence-corrected chi connectivity index (χ0v) is 16.3. The smallest absolute Gasteiger partial charge is 0.271 e. The van der Waals surface area contributed by atoms with Gasteiger partial charge in [-0.3, -0.25) is 9.52 Å². The molecule has 1 amide bonds. The normalized spacial score (nSPS) is 12.5. The molecule has 1 atom stereocenters. The number of amides is 1. The summed E-state index contributed by atoms with van der Waals surface area (Å²) in [7, 11) is -2.13. The van der Waals surface area contributed by atoms with Crippen LogP contribution in [0, 0.1) is 0 Å². The van der Waals surface area contributed by atoms with Gasteiger partial charge in [0.1, 0.15) is 15.7 Å². The van der Waals surface area contributed by atoms with Crippen molar-refractivity contribution in [1.29, 1.82) is 0 Å². The van der Waals surface area contributed by atoms with Gasteiger partial charge in [0.25, 0.3) is 15.9 Å². The fourth-order valence-electron chi connectivity index (χ4n) is 2.48. The molecule has 27 heavy (non-hydrogen) atoms. The Hall–Kier alpha value is -2.78. The van der Waals surface area contributed by atoms with Crippen molar-refractivity contribution < 1.29 is 22.7 Å². The minimum absolute atomic E-state index is 0.0648. The van der Waals surface area contributed by atoms with Crippen LogP contribution in [0.15, 0.2) is 62.7 Å². The summed E-state index contributed by atoms with van der Waals surface area (Å²) in [6, 6.07) is 10.3. The maximum Gasteiger partial charge on any atom is 0.271 e. The van der Waals surface area contributed by atoms with Crippen molar-refractivity contribution in [3.63, 3.8) is 0 Å². The van der Waals surface area contributed by atoms with E-state index < -0.39 is 15.9 Å². The van der Waals surface area contributed by atoms with Crippen LogP contribution in [0.2, 0.25) is 0 Å². The third-order valence-electron chi connectivity index (χ3n) is 4.10. The Balaban J connectivity index is 1.79. The van der Waals surface area contributed by atoms with E-state index in [0.717, 1.165) is 11.3 Å². The van der Waals surface area contributed by atoms with Gasteiger partial charge in [-0.25, -0.2) is 8.42 Å². The Morgan fingerprint density at radius 2 is 2.04 bits per heavy atom. The second kappa shape index (κ2) is 7.45. The molecular formula is C18H18N2O5S2. The first-order valence-electron chi connectivity index (χ1n) is 7.99. The molecule has 2 aromatic heterocycles. The Morgan fingerprint density at radius 3 is 2.63 bits per heavy atom. The van der Waals surface area contributed by atoms with Gasteiger partial charge in [-0.1, -0.05) is 6.07 Å². The van der Waals surface area contributed by atoms with Gasteiger partial charge >= 0.3 is 0 Å². The third kappa shape index (κ3) is 3.99. The van der Waals surface area contributed by atoms with Crippen LogP contribution in [0.1, 0.15) is 29.1 Å². The van der Waals surface area contributed by atoms with Gasteiger partial charge < -0.3 is 14.4 Å². The number of rotatable bonds is 6. The van der Waals surface area contributed by atoms with Gasteiger partial charge in [-0.05, 0) is 42.6 Å². The SMILES string of the molecule is CC(c1ccco1)N(C)C(=O)c1ccc(NS(=O)(=O)c2cccs2)cc1O. The summed E-state index contributed by atoms with van der Waals surface area (Å²) in [4.78, 5) is 14.1. The van der Waals surface area contributed by atoms with E-state index in [-0.39, 0.29) is 27.3 Å². The summed E-state index contributed by atoms with van der Waals surface area (Å²) >= 11 is 1.08. The van der Waals surface area contributed by atoms with Crippen LogP contribution in [-0.4, -0.2) is 31.4 Å². The highest BCUT2D eigenvalue weighted by Crippen LogP contribution is 2.28. The molecule has 0 aliphatic heterocycles. The Labute approximate surface area is 160 Å². The number of nitrogens with one attached hydrogen (secondary N) is 1. The molecule has 0 aliphatic carbocycles. The number of hydrogen-bond donors (Lipinski definition) is 2. The molecule has 0 aliphatic rings. The quantitative estimate of drug-likeness (QED) is 0.650. The van der Waals surface area contributed by atoms with E-state index in [1.165, 1.54) is 35.4 Å². The number of carbonyl (C=O) groups excluding carboxylic acids is 1. The van der Waals surface area contributed by atoms with Crippen molar-refractivity contribution in [1.82, 2.24) is 4.90 Å². The predicted octanol–water partition coefficient (Wildman–Crippen LogP) is 3.68. The van der Waals surface area contributed by atoms with Crippen LogP contribution in [0.5, 0.6) is 5.75 Å². The van der Waals surface area contributed by atoms with E-state index in [0.29, 0.717) is 5.76 Å². The Bertz CT molecular complexity index is 1030. The molecule has 3 aromatic rings. The van der Waals surface area contributed by atoms with Crippen LogP contribution >= 0.6 is 11.3 Å². The lowest BCUT2D eigenvalue weighted by atomic mass is 10.1. The number of thiophene rings is 1. The monoisotopic (exact) mass is 406 g/mol. The van der Waals surface area contributed by atoms with Crippen LogP contribution in [0.3, 0.4) is 0 Å². The van der Waals surface area contributed by atoms with E-state index in [1.54, 1.807) is 37.6 Å². The fourth-order valence-corrected chi connectivity index (χ4v) is 4.53. The second-order valence-electron chi connectivity index (χ2n) is 5.88. The van der Waals surface area contributed by atoms with E-state index >= 15 is 0 Å². The molecule has 0 spiro atoms. The first-order chi connectivity index (χ1) is 12.8. The average molecular weight is 406 g/mol. The van der Waals surface area contributed by atoms with Crippen LogP contribution < -0.4 is 4.72 Å². The van der Waals surface area contributed by atoms with E-state index in [9.17, 15) is 18.3 Å². The number of aromatic hydroxyl groups is 1. The number of phenols is 1. The molecule has 3 rings (SSSR count). The van der Waals surface area contributed by atoms with Crippen molar-refractivity contribution in [2.75, 3.05) is 11.8 Å². The standard InChI is InChI=1S/C18H18N2O5S2/c1-12(16-5-3-9-25-16)20(2)18(22)14-8-7-13(11-15(14)21)19-27(23,24)17-6-4-10-26-17/h3-12,19,21H,1-2H3. The zero-order chi connectivity index (χ0) is 19.6. The lowest BCUT2D eigenvalue weighted by molar-refractivity contribution is 0.0723. The number of sulfonamides is 1. The van der Waals surface area contributed by atoms with Gasteiger partial charge in [-0.2, -0.15) is 0 Å². The number of hydrogen-bond acceptors (Lipinski definition) is 6. The largest absolute Gasteiger partial charge is 0.507 e. The van der Waals surface area contributed by atoms with Crippen LogP contribution in [0.25, 0.3) is 0 Å². The van der Waals surface area contributed by atoms with Crippen molar-refractivity contribution in [3.05, 3.63) is 65.4 Å². The summed E-state index contributed by atoms with van der Waals surface area (Å²) in [5.74, 6) is -0.111. The molecule has 9 heteroatoms. The van der Waals surface area contributed by atoms with Gasteiger partial charge in [-0.15, -0.1) is 11.3 Å². The van der Waals surface area contributed by atoms with E-state index in [1.807, 2.05) is 0 Å². The van der Waals surface area contributed by atoms with Gasteiger partial charge in [0.05, 0.1) is 23.6 Å². The molecule has 0 bridgehead atoms. The third-order valence-corrected chi connectivity index (χ3v) is 6.88. The van der Waals surface area contributed by atoms with Crippen molar-refractivity contribution in [3.8, 4) is 5.75 Å². The van der Waals surface area contributed by atoms with Crippen LogP contribution in [0.4, 0.5) is 5.69 Å². The highest BCUT2D eigenvalue weighted by atomic mass is 32.2. The maximum atomic E-state index is 12.7. The summed E-state index contributed by atoms with van der Waals surface area (Å²) in [5.41, 5.74) is 0.231. The number of phenolic OH excluding ortho intramolecular Hbond substituents is 1. The highest BCUT2D eigenvalue weighted by molar-refractivity contribution is 7.94. The molecule has 142 valence electrons. The van der Waals surface area contributed by atoms with Crippen LogP contribution in [-0.2, 0) is 10.0 Å². The Kier molecular flexibility index (Phi) is 5.24.